The molecule has 40 heavy (non-hydrogen) atoms. The highest BCUT2D eigenvalue weighted by Gasteiger charge is 2.33. The Kier molecular flexibility index (Phi) is 10.6. The molecule has 2 amide bonds. The number of carbonyl (C=O) groups excluding carboxylic acids is 2. The maximum Gasteiger partial charge on any atom is 0.264 e. The number of sulfonamides is 1. The van der Waals surface area contributed by atoms with Crippen molar-refractivity contribution < 1.29 is 22.4 Å². The minimum Gasteiger partial charge on any atom is -0.352 e. The van der Waals surface area contributed by atoms with Crippen LogP contribution in [0.2, 0.25) is 10.0 Å². The Bertz CT molecular complexity index is 1450. The summed E-state index contributed by atoms with van der Waals surface area (Å²) >= 11 is 12.4. The number of hydrogen-bond donors (Lipinski definition) is 1. The molecule has 0 bridgehead atoms. The van der Waals surface area contributed by atoms with Crippen molar-refractivity contribution in [2.24, 2.45) is 0 Å². The summed E-state index contributed by atoms with van der Waals surface area (Å²) in [6, 6.07) is 14.7. The molecule has 3 aromatic rings. The SMILES string of the molecule is CC[C@H](C)NC(=O)[C@@H](C)N(Cc1ccc(Cl)cc1Cl)C(=O)CN(c1ccc(F)cc1)S(=O)(=O)c1ccc(C)cc1. The molecule has 1 N–H and O–H groups in total. The molecule has 0 aliphatic carbocycles. The average Bonchev–Trinajstić information content (AvgIpc) is 2.91. The fourth-order valence-electron chi connectivity index (χ4n) is 3.86. The molecule has 7 nitrogen and oxygen atoms in total. The molecule has 3 rings (SSSR count). The summed E-state index contributed by atoms with van der Waals surface area (Å²) in [5, 5.41) is 3.56. The number of amides is 2. The number of hydrogen-bond acceptors (Lipinski definition) is 4. The molecule has 0 unspecified atom stereocenters. The van der Waals surface area contributed by atoms with Gasteiger partial charge in [0.1, 0.15) is 18.4 Å². The molecule has 0 saturated heterocycles. The van der Waals surface area contributed by atoms with Crippen LogP contribution in [0.25, 0.3) is 0 Å². The van der Waals surface area contributed by atoms with Gasteiger partial charge < -0.3 is 10.2 Å². The van der Waals surface area contributed by atoms with E-state index in [2.05, 4.69) is 5.32 Å². The summed E-state index contributed by atoms with van der Waals surface area (Å²) < 4.78 is 42.2. The lowest BCUT2D eigenvalue weighted by Gasteiger charge is -2.32. The van der Waals surface area contributed by atoms with E-state index in [1.54, 1.807) is 31.2 Å². The van der Waals surface area contributed by atoms with E-state index in [0.29, 0.717) is 22.0 Å². The van der Waals surface area contributed by atoms with Gasteiger partial charge in [-0.05, 0) is 81.3 Å². The quantitative estimate of drug-likeness (QED) is 0.291. The number of nitrogens with one attached hydrogen (secondary N) is 1. The minimum absolute atomic E-state index is 0.0370. The highest BCUT2D eigenvalue weighted by molar-refractivity contribution is 7.92. The second-order valence-corrected chi connectivity index (χ2v) is 12.3. The van der Waals surface area contributed by atoms with Crippen LogP contribution in [-0.4, -0.2) is 43.8 Å². The third kappa shape index (κ3) is 7.74. The van der Waals surface area contributed by atoms with Crippen molar-refractivity contribution in [3.63, 3.8) is 0 Å². The fourth-order valence-corrected chi connectivity index (χ4v) is 5.74. The predicted octanol–water partition coefficient (Wildman–Crippen LogP) is 5.97. The first kappa shape index (κ1) is 31.4. The van der Waals surface area contributed by atoms with Crippen LogP contribution in [-0.2, 0) is 26.2 Å². The van der Waals surface area contributed by atoms with Crippen LogP contribution in [0.3, 0.4) is 0 Å². The normalized spacial score (nSPS) is 12.9. The van der Waals surface area contributed by atoms with Gasteiger partial charge in [-0.25, -0.2) is 12.8 Å². The molecule has 214 valence electrons. The molecule has 0 spiro atoms. The number of benzene rings is 3. The molecular formula is C29H32Cl2FN3O4S. The Balaban J connectivity index is 2.04. The molecule has 0 radical (unpaired) electrons. The van der Waals surface area contributed by atoms with Gasteiger partial charge in [0, 0.05) is 22.6 Å². The van der Waals surface area contributed by atoms with Crippen LogP contribution in [0.1, 0.15) is 38.3 Å². The van der Waals surface area contributed by atoms with Crippen molar-refractivity contribution in [2.75, 3.05) is 10.8 Å². The lowest BCUT2D eigenvalue weighted by molar-refractivity contribution is -0.139. The van der Waals surface area contributed by atoms with E-state index in [0.717, 1.165) is 22.0 Å². The highest BCUT2D eigenvalue weighted by atomic mass is 35.5. The largest absolute Gasteiger partial charge is 0.352 e. The van der Waals surface area contributed by atoms with Crippen LogP contribution in [0.4, 0.5) is 10.1 Å². The second kappa shape index (κ2) is 13.5. The van der Waals surface area contributed by atoms with Gasteiger partial charge in [0.2, 0.25) is 11.8 Å². The maximum atomic E-state index is 13.9. The Morgan fingerprint density at radius 3 is 2.17 bits per heavy atom. The van der Waals surface area contributed by atoms with Gasteiger partial charge >= 0.3 is 0 Å². The van der Waals surface area contributed by atoms with E-state index in [1.807, 2.05) is 20.8 Å². The zero-order chi connectivity index (χ0) is 29.6. The van der Waals surface area contributed by atoms with Crippen molar-refractivity contribution in [3.8, 4) is 0 Å². The lowest BCUT2D eigenvalue weighted by Crippen LogP contribution is -2.52. The van der Waals surface area contributed by atoms with E-state index in [1.165, 1.54) is 35.2 Å². The second-order valence-electron chi connectivity index (χ2n) is 9.55. The molecule has 0 aromatic heterocycles. The molecule has 0 aliphatic rings. The first-order valence-electron chi connectivity index (χ1n) is 12.7. The van der Waals surface area contributed by atoms with Crippen molar-refractivity contribution in [3.05, 3.63) is 93.7 Å². The Labute approximate surface area is 244 Å². The highest BCUT2D eigenvalue weighted by Crippen LogP contribution is 2.27. The topological polar surface area (TPSA) is 86.8 Å². The number of carbonyl (C=O) groups is 2. The monoisotopic (exact) mass is 607 g/mol. The molecule has 0 saturated carbocycles. The van der Waals surface area contributed by atoms with Gasteiger partial charge in [0.25, 0.3) is 10.0 Å². The number of nitrogens with zero attached hydrogens (tertiary/aromatic N) is 2. The zero-order valence-electron chi connectivity index (χ0n) is 22.7. The molecule has 0 aliphatic heterocycles. The van der Waals surface area contributed by atoms with Gasteiger partial charge in [-0.2, -0.15) is 0 Å². The number of anilines is 1. The van der Waals surface area contributed by atoms with E-state index >= 15 is 0 Å². The zero-order valence-corrected chi connectivity index (χ0v) is 25.0. The van der Waals surface area contributed by atoms with Gasteiger partial charge in [-0.1, -0.05) is 53.9 Å². The average molecular weight is 609 g/mol. The summed E-state index contributed by atoms with van der Waals surface area (Å²) in [7, 11) is -4.25. The molecule has 0 fully saturated rings. The third-order valence-electron chi connectivity index (χ3n) is 6.53. The van der Waals surface area contributed by atoms with E-state index in [-0.39, 0.29) is 23.2 Å². The Morgan fingerprint density at radius 2 is 1.60 bits per heavy atom. The Morgan fingerprint density at radius 1 is 0.975 bits per heavy atom. The van der Waals surface area contributed by atoms with Crippen LogP contribution in [0.5, 0.6) is 0 Å². The summed E-state index contributed by atoms with van der Waals surface area (Å²) in [5.41, 5.74) is 1.48. The molecule has 3 aromatic carbocycles. The fraction of sp³-hybridized carbons (Fsp3) is 0.310. The van der Waals surface area contributed by atoms with Crippen molar-refractivity contribution in [2.45, 2.75) is 57.6 Å². The molecular weight excluding hydrogens is 576 g/mol. The molecule has 11 heteroatoms. The lowest BCUT2D eigenvalue weighted by atomic mass is 10.1. The van der Waals surface area contributed by atoms with Crippen LogP contribution in [0.15, 0.2) is 71.6 Å². The summed E-state index contributed by atoms with van der Waals surface area (Å²) in [6.45, 7) is 6.43. The standard InChI is InChI=1S/C29H32Cl2FN3O4S/c1-5-20(3)33-29(37)21(4)34(17-22-8-9-23(30)16-27(22)31)28(36)18-35(25-12-10-24(32)11-13-25)40(38,39)26-14-6-19(2)7-15-26/h6-16,20-21H,5,17-18H2,1-4H3,(H,33,37)/t20-,21+/m0/s1. The first-order valence-corrected chi connectivity index (χ1v) is 14.9. The number of aryl methyl sites for hydroxylation is 1. The first-order chi connectivity index (χ1) is 18.8. The van der Waals surface area contributed by atoms with Gasteiger partial charge in [0.05, 0.1) is 10.6 Å². The predicted molar refractivity (Wildman–Crippen MR) is 156 cm³/mol. The van der Waals surface area contributed by atoms with Crippen LogP contribution < -0.4 is 9.62 Å². The summed E-state index contributed by atoms with van der Waals surface area (Å²) in [4.78, 5) is 28.2. The molecule has 2 atom stereocenters. The van der Waals surface area contributed by atoms with E-state index in [4.69, 9.17) is 23.2 Å². The van der Waals surface area contributed by atoms with Crippen LogP contribution >= 0.6 is 23.2 Å². The Hall–Kier alpha value is -3.14. The number of rotatable bonds is 11. The van der Waals surface area contributed by atoms with Gasteiger partial charge in [-0.15, -0.1) is 0 Å². The van der Waals surface area contributed by atoms with E-state index in [9.17, 15) is 22.4 Å². The van der Waals surface area contributed by atoms with Crippen LogP contribution in [0, 0.1) is 12.7 Å². The van der Waals surface area contributed by atoms with E-state index < -0.39 is 40.2 Å². The van der Waals surface area contributed by atoms with Crippen molar-refractivity contribution in [1.82, 2.24) is 10.2 Å². The third-order valence-corrected chi connectivity index (χ3v) is 8.90. The summed E-state index contributed by atoms with van der Waals surface area (Å²) in [6.07, 6.45) is 0.683. The molecule has 0 heterocycles. The van der Waals surface area contributed by atoms with Crippen molar-refractivity contribution in [1.29, 1.82) is 0 Å². The smallest absolute Gasteiger partial charge is 0.264 e. The maximum absolute atomic E-state index is 13.9. The van der Waals surface area contributed by atoms with Crippen molar-refractivity contribution >= 4 is 50.7 Å². The minimum atomic E-state index is -4.25. The summed E-state index contributed by atoms with van der Waals surface area (Å²) in [5.74, 6) is -1.61. The van der Waals surface area contributed by atoms with Gasteiger partial charge in [0.15, 0.2) is 0 Å². The van der Waals surface area contributed by atoms with Gasteiger partial charge in [-0.3, -0.25) is 13.9 Å². The number of halogens is 3.